The molecule has 0 saturated heterocycles. The monoisotopic (exact) mass is 742 g/mol. The second-order valence-electron chi connectivity index (χ2n) is 8.80. The number of benzene rings is 3. The fraction of sp³-hybridized carbons (Fsp3) is 0.286. The van der Waals surface area contributed by atoms with E-state index in [2.05, 4.69) is 10.6 Å². The Hall–Kier alpha value is -2.90. The summed E-state index contributed by atoms with van der Waals surface area (Å²) in [6.45, 7) is 0.572. The number of hydrogen-bond donors (Lipinski definition) is 2. The number of amides is 2. The molecule has 3 aromatic carbocycles. The van der Waals surface area contributed by atoms with Crippen LogP contribution < -0.4 is 39.1 Å². The maximum Gasteiger partial charge on any atom is 0.415 e. The predicted molar refractivity (Wildman–Crippen MR) is 169 cm³/mol. The Labute approximate surface area is 287 Å². The maximum absolute atomic E-state index is 12.9. The van der Waals surface area contributed by atoms with Gasteiger partial charge in [0, 0.05) is 0 Å². The zero-order valence-corrected chi connectivity index (χ0v) is 27.4. The Morgan fingerprint density at radius 2 is 0.844 bits per heavy atom. The molecule has 2 atom stereocenters. The molecule has 4 rings (SSSR count). The molecule has 1 heterocycles. The number of hydrogen-bond acceptors (Lipinski definition) is 9. The molecule has 0 spiro atoms. The van der Waals surface area contributed by atoms with E-state index < -0.39 is 32.2 Å². The molecule has 0 saturated carbocycles. The van der Waals surface area contributed by atoms with Crippen LogP contribution in [0.15, 0.2) is 72.8 Å². The lowest BCUT2D eigenvalue weighted by molar-refractivity contribution is 0.0749. The maximum atomic E-state index is 12.9. The van der Waals surface area contributed by atoms with Crippen LogP contribution >= 0.6 is 69.6 Å². The third-order valence-corrected chi connectivity index (χ3v) is 6.69. The van der Waals surface area contributed by atoms with Gasteiger partial charge in [0.15, 0.2) is 34.5 Å². The Balaban J connectivity index is 1.64. The first-order valence-corrected chi connectivity index (χ1v) is 15.2. The van der Waals surface area contributed by atoms with E-state index in [0.29, 0.717) is 0 Å². The van der Waals surface area contributed by atoms with Crippen molar-refractivity contribution >= 4 is 81.8 Å². The first-order valence-electron chi connectivity index (χ1n) is 12.9. The SMILES string of the molecule is O=C1N[C@@H](C(Cl)(Cl)Cl)Oc2ccccc2O[C@@H](C(Cl)(Cl)Cl)NC(=O)Oc2ccccc2OCCOCCOc2ccccc2O1. The van der Waals surface area contributed by atoms with Crippen LogP contribution in [0.4, 0.5) is 9.59 Å². The first kappa shape index (κ1) is 35.0. The van der Waals surface area contributed by atoms with Crippen LogP contribution in [0.1, 0.15) is 0 Å². The van der Waals surface area contributed by atoms with Crippen molar-refractivity contribution in [2.45, 2.75) is 20.0 Å². The number of carbonyl (C=O) groups excluding carboxylic acids is 2. The highest BCUT2D eigenvalue weighted by Gasteiger charge is 2.40. The molecule has 3 aromatic rings. The lowest BCUT2D eigenvalue weighted by atomic mass is 10.3. The summed E-state index contributed by atoms with van der Waals surface area (Å²) >= 11 is 36.8. The molecule has 0 unspecified atom stereocenters. The Bertz CT molecular complexity index is 1350. The van der Waals surface area contributed by atoms with Crippen LogP contribution in [-0.2, 0) is 4.74 Å². The van der Waals surface area contributed by atoms with Gasteiger partial charge in [-0.2, -0.15) is 0 Å². The van der Waals surface area contributed by atoms with E-state index in [-0.39, 0.29) is 60.9 Å². The lowest BCUT2D eigenvalue weighted by Gasteiger charge is -2.29. The van der Waals surface area contributed by atoms with Gasteiger partial charge in [-0.1, -0.05) is 106 Å². The van der Waals surface area contributed by atoms with E-state index >= 15 is 0 Å². The minimum Gasteiger partial charge on any atom is -0.487 e. The van der Waals surface area contributed by atoms with Crippen LogP contribution in [0.25, 0.3) is 0 Å². The van der Waals surface area contributed by atoms with Gasteiger partial charge in [-0.25, -0.2) is 9.59 Å². The smallest absolute Gasteiger partial charge is 0.415 e. The van der Waals surface area contributed by atoms with Gasteiger partial charge in [0.1, 0.15) is 13.2 Å². The molecule has 45 heavy (non-hydrogen) atoms. The zero-order valence-electron chi connectivity index (χ0n) is 22.9. The van der Waals surface area contributed by atoms with Crippen LogP contribution in [0.3, 0.4) is 0 Å². The van der Waals surface area contributed by atoms with Crippen LogP contribution in [0.2, 0.25) is 0 Å². The van der Waals surface area contributed by atoms with Crippen molar-refractivity contribution in [1.29, 1.82) is 0 Å². The van der Waals surface area contributed by atoms with Gasteiger partial charge in [-0.05, 0) is 36.4 Å². The molecule has 11 nitrogen and oxygen atoms in total. The van der Waals surface area contributed by atoms with Crippen LogP contribution in [-0.4, -0.2) is 58.7 Å². The zero-order chi connectivity index (χ0) is 32.5. The molecule has 2 amide bonds. The summed E-state index contributed by atoms with van der Waals surface area (Å²) in [7, 11) is 0. The van der Waals surface area contributed by atoms with Crippen molar-refractivity contribution in [3.63, 3.8) is 0 Å². The number of halogens is 6. The first-order chi connectivity index (χ1) is 21.4. The van der Waals surface area contributed by atoms with Crippen molar-refractivity contribution in [3.05, 3.63) is 72.8 Å². The summed E-state index contributed by atoms with van der Waals surface area (Å²) in [4.78, 5) is 25.8. The average molecular weight is 745 g/mol. The molecule has 1 aliphatic heterocycles. The van der Waals surface area contributed by atoms with E-state index in [1.54, 1.807) is 48.5 Å². The number of ether oxygens (including phenoxy) is 7. The van der Waals surface area contributed by atoms with Gasteiger partial charge >= 0.3 is 12.2 Å². The summed E-state index contributed by atoms with van der Waals surface area (Å²) in [6.07, 6.45) is -5.36. The topological polar surface area (TPSA) is 123 Å². The Morgan fingerprint density at radius 3 is 1.20 bits per heavy atom. The standard InChI is InChI=1S/C28H24Cl6N2O9/c29-27(30,31)23-35-25(37)44-19-9-3-1-7-17(19)40-15-13-39-14-16-41-18-8-2-4-10-20(18)45-26(38)36-24(28(32,33)34)43-22-12-6-5-11-21(22)42-23/h1-12,23-24H,13-16H2,(H,35,37)(H,36,38)/t23-,24+. The third kappa shape index (κ3) is 10.8. The quantitative estimate of drug-likeness (QED) is 0.230. The average Bonchev–Trinajstić information content (AvgIpc) is 2.97. The van der Waals surface area contributed by atoms with Gasteiger partial charge in [-0.3, -0.25) is 10.6 Å². The molecule has 0 radical (unpaired) electrons. The molecular formula is C28H24Cl6N2O9. The largest absolute Gasteiger partial charge is 0.487 e. The molecule has 0 aliphatic carbocycles. The molecule has 0 aromatic heterocycles. The predicted octanol–water partition coefficient (Wildman–Crippen LogP) is 7.20. The molecule has 2 N–H and O–H groups in total. The van der Waals surface area contributed by atoms with Gasteiger partial charge in [0.05, 0.1) is 13.2 Å². The van der Waals surface area contributed by atoms with Crippen molar-refractivity contribution in [3.8, 4) is 34.5 Å². The van der Waals surface area contributed by atoms with Crippen molar-refractivity contribution < 1.29 is 42.7 Å². The van der Waals surface area contributed by atoms with E-state index in [1.807, 2.05) is 0 Å². The van der Waals surface area contributed by atoms with Gasteiger partial charge in [0.25, 0.3) is 0 Å². The molecular weight excluding hydrogens is 721 g/mol. The van der Waals surface area contributed by atoms with Crippen LogP contribution in [0, 0.1) is 0 Å². The van der Waals surface area contributed by atoms with Gasteiger partial charge in [-0.15, -0.1) is 0 Å². The molecule has 1 aliphatic rings. The third-order valence-electron chi connectivity index (χ3n) is 5.51. The van der Waals surface area contributed by atoms with E-state index in [4.69, 9.17) is 103 Å². The van der Waals surface area contributed by atoms with Crippen molar-refractivity contribution in [2.24, 2.45) is 0 Å². The van der Waals surface area contributed by atoms with E-state index in [0.717, 1.165) is 0 Å². The fourth-order valence-electron chi connectivity index (χ4n) is 3.56. The van der Waals surface area contributed by atoms with E-state index in [1.165, 1.54) is 24.3 Å². The summed E-state index contributed by atoms with van der Waals surface area (Å²) in [5.41, 5.74) is 0. The second-order valence-corrected chi connectivity index (χ2v) is 13.5. The number of rotatable bonds is 0. The number of nitrogens with one attached hydrogen (secondary N) is 2. The van der Waals surface area contributed by atoms with Crippen molar-refractivity contribution in [1.82, 2.24) is 10.6 Å². The van der Waals surface area contributed by atoms with E-state index in [9.17, 15) is 9.59 Å². The van der Waals surface area contributed by atoms with Crippen molar-refractivity contribution in [2.75, 3.05) is 26.4 Å². The molecule has 0 fully saturated rings. The normalized spacial score (nSPS) is 19.1. The molecule has 0 bridgehead atoms. The highest BCUT2D eigenvalue weighted by molar-refractivity contribution is 6.68. The Kier molecular flexibility index (Phi) is 12.5. The Morgan fingerprint density at radius 1 is 0.511 bits per heavy atom. The number of fused-ring (bicyclic) bond motifs is 3. The minimum absolute atomic E-state index is 0.0707. The lowest BCUT2D eigenvalue weighted by Crippen LogP contribution is -2.50. The van der Waals surface area contributed by atoms with Crippen LogP contribution in [0.5, 0.6) is 34.5 Å². The minimum atomic E-state index is -2.22. The number of carbonyl (C=O) groups is 2. The highest BCUT2D eigenvalue weighted by atomic mass is 35.6. The second kappa shape index (κ2) is 16.1. The summed E-state index contributed by atoms with van der Waals surface area (Å²) in [5, 5.41) is 4.69. The summed E-state index contributed by atoms with van der Waals surface area (Å²) < 4.78 is 35.0. The summed E-state index contributed by atoms with van der Waals surface area (Å²) in [5.74, 6) is 0.477. The number of para-hydroxylation sites is 6. The summed E-state index contributed by atoms with van der Waals surface area (Å²) in [6, 6.07) is 18.8. The van der Waals surface area contributed by atoms with Gasteiger partial charge in [0.2, 0.25) is 20.0 Å². The molecule has 242 valence electrons. The molecule has 17 heteroatoms. The number of alkyl halides is 6. The van der Waals surface area contributed by atoms with Gasteiger partial charge < -0.3 is 33.2 Å². The fourth-order valence-corrected chi connectivity index (χ4v) is 4.15. The highest BCUT2D eigenvalue weighted by Crippen LogP contribution is 2.38.